The maximum atomic E-state index is 12.2. The lowest BCUT2D eigenvalue weighted by Gasteiger charge is -2.12. The minimum absolute atomic E-state index is 0.0266. The van der Waals surface area contributed by atoms with E-state index in [4.69, 9.17) is 5.73 Å². The minimum atomic E-state index is -3.84. The third kappa shape index (κ3) is 2.72. The van der Waals surface area contributed by atoms with Crippen molar-refractivity contribution in [3.8, 4) is 0 Å². The van der Waals surface area contributed by atoms with Gasteiger partial charge in [-0.3, -0.25) is 9.78 Å². The number of primary amides is 1. The Labute approximate surface area is 110 Å². The van der Waals surface area contributed by atoms with Crippen LogP contribution in [0.3, 0.4) is 0 Å². The topological polar surface area (TPSA) is 102 Å². The molecule has 0 spiro atoms. The first-order valence-electron chi connectivity index (χ1n) is 5.57. The molecule has 0 aliphatic heterocycles. The number of rotatable bonds is 4. The predicted molar refractivity (Wildman–Crippen MR) is 70.7 cm³/mol. The average Bonchev–Trinajstić information content (AvgIpc) is 2.37. The van der Waals surface area contributed by atoms with E-state index in [9.17, 15) is 13.2 Å². The summed E-state index contributed by atoms with van der Waals surface area (Å²) in [6.07, 6.45) is 1.51. The van der Waals surface area contributed by atoms with Crippen LogP contribution in [0.2, 0.25) is 0 Å². The van der Waals surface area contributed by atoms with Gasteiger partial charge in [0.1, 0.15) is 4.90 Å². The fourth-order valence-corrected chi connectivity index (χ4v) is 3.04. The molecule has 1 atom stereocenters. The Morgan fingerprint density at radius 2 is 2.00 bits per heavy atom. The van der Waals surface area contributed by atoms with Crippen LogP contribution in [-0.2, 0) is 14.8 Å². The molecule has 2 aromatic rings. The van der Waals surface area contributed by atoms with Crippen molar-refractivity contribution in [2.24, 2.45) is 5.73 Å². The van der Waals surface area contributed by atoms with Gasteiger partial charge in [0.05, 0.1) is 11.6 Å². The number of carbonyl (C=O) groups excluding carboxylic acids is 1. The molecule has 0 radical (unpaired) electrons. The molecule has 6 nitrogen and oxygen atoms in total. The van der Waals surface area contributed by atoms with Crippen molar-refractivity contribution in [2.45, 2.75) is 17.9 Å². The van der Waals surface area contributed by atoms with Crippen LogP contribution < -0.4 is 10.5 Å². The van der Waals surface area contributed by atoms with E-state index >= 15 is 0 Å². The molecule has 19 heavy (non-hydrogen) atoms. The van der Waals surface area contributed by atoms with Gasteiger partial charge in [-0.25, -0.2) is 8.42 Å². The quantitative estimate of drug-likeness (QED) is 0.845. The molecule has 1 amide bonds. The summed E-state index contributed by atoms with van der Waals surface area (Å²) >= 11 is 0. The molecule has 0 saturated carbocycles. The van der Waals surface area contributed by atoms with Gasteiger partial charge >= 0.3 is 0 Å². The summed E-state index contributed by atoms with van der Waals surface area (Å²) in [5.41, 5.74) is 5.41. The maximum Gasteiger partial charge on any atom is 0.243 e. The van der Waals surface area contributed by atoms with Crippen molar-refractivity contribution in [1.29, 1.82) is 0 Å². The highest BCUT2D eigenvalue weighted by Gasteiger charge is 2.22. The highest BCUT2D eigenvalue weighted by molar-refractivity contribution is 7.89. The van der Waals surface area contributed by atoms with Crippen LogP contribution in [0.25, 0.3) is 10.9 Å². The van der Waals surface area contributed by atoms with E-state index in [2.05, 4.69) is 9.71 Å². The molecular formula is C12H13N3O3S. The van der Waals surface area contributed by atoms with Crippen LogP contribution >= 0.6 is 0 Å². The molecule has 0 aliphatic rings. The van der Waals surface area contributed by atoms with E-state index in [1.165, 1.54) is 19.2 Å². The Hall–Kier alpha value is -1.99. The standard InChI is InChI=1S/C12H13N3O3S/c1-8(12(13)16)15-19(17,18)10-6-2-4-9-5-3-7-14-11(9)10/h2-8,15H,1H3,(H2,13,16). The molecule has 2 rings (SSSR count). The van der Waals surface area contributed by atoms with Gasteiger partial charge in [0.25, 0.3) is 0 Å². The molecule has 0 aliphatic carbocycles. The number of nitrogens with one attached hydrogen (secondary N) is 1. The van der Waals surface area contributed by atoms with Crippen molar-refractivity contribution < 1.29 is 13.2 Å². The van der Waals surface area contributed by atoms with E-state index < -0.39 is 22.0 Å². The number of sulfonamides is 1. The van der Waals surface area contributed by atoms with Gasteiger partial charge < -0.3 is 5.73 Å². The highest BCUT2D eigenvalue weighted by Crippen LogP contribution is 2.20. The van der Waals surface area contributed by atoms with Gasteiger partial charge in [0.15, 0.2) is 0 Å². The molecule has 100 valence electrons. The Balaban J connectivity index is 2.52. The summed E-state index contributed by atoms with van der Waals surface area (Å²) < 4.78 is 26.6. The van der Waals surface area contributed by atoms with E-state index in [0.29, 0.717) is 10.9 Å². The van der Waals surface area contributed by atoms with E-state index in [0.717, 1.165) is 0 Å². The van der Waals surface area contributed by atoms with Gasteiger partial charge in [-0.2, -0.15) is 4.72 Å². The van der Waals surface area contributed by atoms with Gasteiger partial charge in [-0.1, -0.05) is 18.2 Å². The smallest absolute Gasteiger partial charge is 0.243 e. The second-order valence-electron chi connectivity index (χ2n) is 4.08. The van der Waals surface area contributed by atoms with Crippen molar-refractivity contribution in [3.05, 3.63) is 36.5 Å². The Morgan fingerprint density at radius 1 is 1.32 bits per heavy atom. The number of hydrogen-bond acceptors (Lipinski definition) is 4. The number of hydrogen-bond donors (Lipinski definition) is 2. The van der Waals surface area contributed by atoms with Crippen LogP contribution in [0, 0.1) is 0 Å². The zero-order valence-corrected chi connectivity index (χ0v) is 11.0. The van der Waals surface area contributed by atoms with Crippen molar-refractivity contribution >= 4 is 26.8 Å². The van der Waals surface area contributed by atoms with Crippen molar-refractivity contribution in [2.75, 3.05) is 0 Å². The predicted octanol–water partition coefficient (Wildman–Crippen LogP) is 0.387. The molecule has 1 aromatic heterocycles. The Morgan fingerprint density at radius 3 is 2.68 bits per heavy atom. The van der Waals surface area contributed by atoms with E-state index in [-0.39, 0.29) is 4.90 Å². The lowest BCUT2D eigenvalue weighted by atomic mass is 10.2. The summed E-state index contributed by atoms with van der Waals surface area (Å²) in [4.78, 5) is 15.0. The molecule has 0 saturated heterocycles. The number of pyridine rings is 1. The monoisotopic (exact) mass is 279 g/mol. The summed E-state index contributed by atoms with van der Waals surface area (Å²) in [5.74, 6) is -0.739. The van der Waals surface area contributed by atoms with Gasteiger partial charge in [-0.05, 0) is 19.1 Å². The minimum Gasteiger partial charge on any atom is -0.368 e. The van der Waals surface area contributed by atoms with Crippen molar-refractivity contribution in [3.63, 3.8) is 0 Å². The second kappa shape index (κ2) is 4.94. The highest BCUT2D eigenvalue weighted by atomic mass is 32.2. The van der Waals surface area contributed by atoms with E-state index in [1.807, 2.05) is 0 Å². The number of nitrogens with two attached hydrogens (primary N) is 1. The summed E-state index contributed by atoms with van der Waals surface area (Å²) in [5, 5.41) is 0.706. The van der Waals surface area contributed by atoms with Crippen LogP contribution in [0.15, 0.2) is 41.4 Å². The van der Waals surface area contributed by atoms with Crippen LogP contribution in [-0.4, -0.2) is 25.4 Å². The fraction of sp³-hybridized carbons (Fsp3) is 0.167. The molecule has 1 aromatic carbocycles. The van der Waals surface area contributed by atoms with Crippen LogP contribution in [0.4, 0.5) is 0 Å². The molecule has 7 heteroatoms. The first-order chi connectivity index (χ1) is 8.92. The number of amides is 1. The largest absolute Gasteiger partial charge is 0.368 e. The third-order valence-corrected chi connectivity index (χ3v) is 4.22. The molecular weight excluding hydrogens is 266 g/mol. The summed E-state index contributed by atoms with van der Waals surface area (Å²) in [6, 6.07) is 7.32. The lowest BCUT2D eigenvalue weighted by Crippen LogP contribution is -2.42. The summed E-state index contributed by atoms with van der Waals surface area (Å²) in [6.45, 7) is 1.39. The normalized spacial score (nSPS) is 13.3. The van der Waals surface area contributed by atoms with Crippen LogP contribution in [0.5, 0.6) is 0 Å². The molecule has 3 N–H and O–H groups in total. The number of carbonyl (C=O) groups is 1. The molecule has 1 unspecified atom stereocenters. The van der Waals surface area contributed by atoms with Crippen LogP contribution in [0.1, 0.15) is 6.92 Å². The number of para-hydroxylation sites is 1. The first kappa shape index (κ1) is 13.4. The molecule has 0 bridgehead atoms. The lowest BCUT2D eigenvalue weighted by molar-refractivity contribution is -0.119. The number of aromatic nitrogens is 1. The third-order valence-electron chi connectivity index (χ3n) is 2.64. The summed E-state index contributed by atoms with van der Waals surface area (Å²) in [7, 11) is -3.84. The SMILES string of the molecule is CC(NS(=O)(=O)c1cccc2cccnc12)C(N)=O. The Kier molecular flexibility index (Phi) is 3.50. The average molecular weight is 279 g/mol. The fourth-order valence-electron chi connectivity index (χ4n) is 1.65. The molecule has 1 heterocycles. The zero-order chi connectivity index (χ0) is 14.0. The number of fused-ring (bicyclic) bond motifs is 1. The number of benzene rings is 1. The van der Waals surface area contributed by atoms with Crippen molar-refractivity contribution in [1.82, 2.24) is 9.71 Å². The second-order valence-corrected chi connectivity index (χ2v) is 5.76. The molecule has 0 fully saturated rings. The zero-order valence-electron chi connectivity index (χ0n) is 10.2. The first-order valence-corrected chi connectivity index (χ1v) is 7.05. The Bertz CT molecular complexity index is 723. The maximum absolute atomic E-state index is 12.2. The van der Waals surface area contributed by atoms with Gasteiger partial charge in [0, 0.05) is 11.6 Å². The number of nitrogens with zero attached hydrogens (tertiary/aromatic N) is 1. The van der Waals surface area contributed by atoms with Gasteiger partial charge in [0.2, 0.25) is 15.9 Å². The van der Waals surface area contributed by atoms with Gasteiger partial charge in [-0.15, -0.1) is 0 Å². The van der Waals surface area contributed by atoms with E-state index in [1.54, 1.807) is 24.3 Å².